The molecule has 272 valence electrons. The standard InChI is InChI=1S/C39H55N5O6/c1-27-24-44(28(2)26-45)38(47)33-23-31(40-39(48)41-34-17-11-15-30-14-7-8-16-32(30)34)19-20-35(33)50-29(3)13-9-10-22-49-36(27)25-43(6)37(46)18-12-21-42(4)5/h7-8,11,14-17,19-20,23,27-29,36,45H,9-10,12-13,18,21-22,24-26H2,1-6H3,(H2,40,41,48)/t27-,28+,29+,36-/m0/s1. The second-order valence-electron chi connectivity index (χ2n) is 13.8. The number of carbonyl (C=O) groups is 3. The highest BCUT2D eigenvalue weighted by atomic mass is 16.5. The van der Waals surface area contributed by atoms with Gasteiger partial charge in [0.1, 0.15) is 5.75 Å². The molecule has 1 heterocycles. The molecule has 3 aromatic rings. The number of urea groups is 1. The highest BCUT2D eigenvalue weighted by Gasteiger charge is 2.31. The summed E-state index contributed by atoms with van der Waals surface area (Å²) in [5, 5.41) is 18.0. The molecule has 0 fully saturated rings. The van der Waals surface area contributed by atoms with Crippen LogP contribution in [0.15, 0.2) is 60.7 Å². The third kappa shape index (κ3) is 10.9. The largest absolute Gasteiger partial charge is 0.490 e. The SMILES string of the molecule is C[C@@H]1CCCCO[C@@H](CN(C)C(=O)CCCN(C)C)[C@@H](C)CN([C@H](C)CO)C(=O)c2cc(NC(=O)Nc3cccc4ccccc34)ccc2O1. The van der Waals surface area contributed by atoms with E-state index >= 15 is 0 Å². The lowest BCUT2D eigenvalue weighted by molar-refractivity contribution is -0.132. The normalized spacial score (nSPS) is 19.6. The Kier molecular flexibility index (Phi) is 14.4. The number of likely N-dealkylation sites (N-methyl/N-ethyl adjacent to an activating group) is 1. The molecule has 4 atom stereocenters. The van der Waals surface area contributed by atoms with E-state index in [-0.39, 0.29) is 48.7 Å². The van der Waals surface area contributed by atoms with Gasteiger partial charge in [0.2, 0.25) is 5.91 Å². The molecule has 0 saturated carbocycles. The fraction of sp³-hybridized carbons (Fsp3) is 0.513. The first-order valence-corrected chi connectivity index (χ1v) is 17.7. The van der Waals surface area contributed by atoms with Crippen LogP contribution in [0.1, 0.15) is 63.2 Å². The van der Waals surface area contributed by atoms with Crippen LogP contribution < -0.4 is 15.4 Å². The maximum absolute atomic E-state index is 14.4. The maximum Gasteiger partial charge on any atom is 0.323 e. The van der Waals surface area contributed by atoms with E-state index in [0.717, 1.165) is 43.0 Å². The molecule has 4 amide bonds. The van der Waals surface area contributed by atoms with Crippen LogP contribution in [0, 0.1) is 5.92 Å². The van der Waals surface area contributed by atoms with Gasteiger partial charge in [-0.25, -0.2) is 4.79 Å². The summed E-state index contributed by atoms with van der Waals surface area (Å²) < 4.78 is 12.7. The molecule has 0 unspecified atom stereocenters. The summed E-state index contributed by atoms with van der Waals surface area (Å²) in [5.74, 6) is -0.0204. The van der Waals surface area contributed by atoms with Crippen LogP contribution in [0.2, 0.25) is 0 Å². The lowest BCUT2D eigenvalue weighted by atomic mass is 10.0. The molecule has 0 spiro atoms. The van der Waals surface area contributed by atoms with Gasteiger partial charge in [-0.05, 0) is 89.8 Å². The summed E-state index contributed by atoms with van der Waals surface area (Å²) in [7, 11) is 5.79. The average Bonchev–Trinajstić information content (AvgIpc) is 3.09. The highest BCUT2D eigenvalue weighted by molar-refractivity contribution is 6.07. The van der Waals surface area contributed by atoms with E-state index < -0.39 is 12.1 Å². The molecule has 11 nitrogen and oxygen atoms in total. The van der Waals surface area contributed by atoms with Crippen LogP contribution in [0.5, 0.6) is 5.75 Å². The number of fused-ring (bicyclic) bond motifs is 2. The Balaban J connectivity index is 1.58. The quantitative estimate of drug-likeness (QED) is 0.236. The third-order valence-corrected chi connectivity index (χ3v) is 9.22. The van der Waals surface area contributed by atoms with Crippen LogP contribution in [-0.2, 0) is 9.53 Å². The van der Waals surface area contributed by atoms with Crippen LogP contribution in [0.25, 0.3) is 10.8 Å². The van der Waals surface area contributed by atoms with E-state index in [1.165, 1.54) is 0 Å². The zero-order valence-electron chi connectivity index (χ0n) is 30.5. The Morgan fingerprint density at radius 3 is 2.54 bits per heavy atom. The lowest BCUT2D eigenvalue weighted by Gasteiger charge is -2.36. The molecule has 3 aromatic carbocycles. The minimum atomic E-state index is -0.513. The van der Waals surface area contributed by atoms with Gasteiger partial charge in [0, 0.05) is 50.2 Å². The van der Waals surface area contributed by atoms with Crippen LogP contribution >= 0.6 is 0 Å². The predicted molar refractivity (Wildman–Crippen MR) is 199 cm³/mol. The van der Waals surface area contributed by atoms with Crippen molar-refractivity contribution in [1.29, 1.82) is 0 Å². The summed E-state index contributed by atoms with van der Waals surface area (Å²) in [6, 6.07) is 17.6. The Hall–Kier alpha value is -4.19. The first-order chi connectivity index (χ1) is 24.0. The average molecular weight is 690 g/mol. The van der Waals surface area contributed by atoms with E-state index in [1.54, 1.807) is 42.0 Å². The van der Waals surface area contributed by atoms with Gasteiger partial charge < -0.3 is 39.9 Å². The number of amides is 4. The fourth-order valence-electron chi connectivity index (χ4n) is 6.19. The number of anilines is 2. The summed E-state index contributed by atoms with van der Waals surface area (Å²) in [6.07, 6.45) is 3.18. The number of nitrogens with zero attached hydrogens (tertiary/aromatic N) is 3. The van der Waals surface area contributed by atoms with E-state index in [0.29, 0.717) is 36.7 Å². The number of nitrogens with one attached hydrogen (secondary N) is 2. The number of aliphatic hydroxyl groups excluding tert-OH is 1. The zero-order valence-corrected chi connectivity index (χ0v) is 30.5. The molecular formula is C39H55N5O6. The number of aliphatic hydroxyl groups is 1. The van der Waals surface area contributed by atoms with Crippen molar-refractivity contribution in [3.63, 3.8) is 0 Å². The summed E-state index contributed by atoms with van der Waals surface area (Å²) in [6.45, 7) is 7.58. The monoisotopic (exact) mass is 689 g/mol. The number of rotatable bonds is 10. The number of benzene rings is 3. The first-order valence-electron chi connectivity index (χ1n) is 17.7. The zero-order chi connectivity index (χ0) is 36.2. The van der Waals surface area contributed by atoms with E-state index in [2.05, 4.69) is 15.5 Å². The fourth-order valence-corrected chi connectivity index (χ4v) is 6.19. The van der Waals surface area contributed by atoms with Gasteiger partial charge in [-0.2, -0.15) is 0 Å². The van der Waals surface area contributed by atoms with Gasteiger partial charge in [0.15, 0.2) is 0 Å². The summed E-state index contributed by atoms with van der Waals surface area (Å²) in [5.41, 5.74) is 1.38. The van der Waals surface area contributed by atoms with Gasteiger partial charge >= 0.3 is 6.03 Å². The van der Waals surface area contributed by atoms with E-state index in [1.807, 2.05) is 70.4 Å². The maximum atomic E-state index is 14.4. The Morgan fingerprint density at radius 2 is 1.78 bits per heavy atom. The molecule has 0 aromatic heterocycles. The topological polar surface area (TPSA) is 124 Å². The van der Waals surface area contributed by atoms with Crippen molar-refractivity contribution in [2.24, 2.45) is 5.92 Å². The molecule has 1 aliphatic heterocycles. The highest BCUT2D eigenvalue weighted by Crippen LogP contribution is 2.29. The van der Waals surface area contributed by atoms with Gasteiger partial charge in [0.05, 0.1) is 36.1 Å². The van der Waals surface area contributed by atoms with Crippen molar-refractivity contribution in [3.05, 3.63) is 66.2 Å². The molecule has 0 bridgehead atoms. The number of ether oxygens (including phenoxy) is 2. The van der Waals surface area contributed by atoms with Crippen LogP contribution in [0.4, 0.5) is 16.2 Å². The second kappa shape index (κ2) is 18.7. The van der Waals surface area contributed by atoms with Crippen molar-refractivity contribution in [3.8, 4) is 5.75 Å². The Bertz CT molecular complexity index is 1580. The smallest absolute Gasteiger partial charge is 0.323 e. The van der Waals surface area contributed by atoms with Crippen LogP contribution in [0.3, 0.4) is 0 Å². The minimum absolute atomic E-state index is 0.0585. The molecule has 50 heavy (non-hydrogen) atoms. The number of hydrogen-bond donors (Lipinski definition) is 3. The van der Waals surface area contributed by atoms with Crippen molar-refractivity contribution >= 4 is 40.0 Å². The number of hydrogen-bond acceptors (Lipinski definition) is 7. The van der Waals surface area contributed by atoms with Crippen molar-refractivity contribution < 1.29 is 29.0 Å². The van der Waals surface area contributed by atoms with Gasteiger partial charge in [-0.1, -0.05) is 43.3 Å². The first kappa shape index (κ1) is 38.6. The second-order valence-corrected chi connectivity index (χ2v) is 13.8. The number of carbonyl (C=O) groups excluding carboxylic acids is 3. The molecule has 0 aliphatic carbocycles. The third-order valence-electron chi connectivity index (χ3n) is 9.22. The molecule has 1 aliphatic rings. The molecule has 3 N–H and O–H groups in total. The van der Waals surface area contributed by atoms with Gasteiger partial charge in [-0.3, -0.25) is 9.59 Å². The van der Waals surface area contributed by atoms with Crippen molar-refractivity contribution in [2.45, 2.75) is 71.1 Å². The molecule has 11 heteroatoms. The molecular weight excluding hydrogens is 634 g/mol. The Morgan fingerprint density at radius 1 is 1.02 bits per heavy atom. The summed E-state index contributed by atoms with van der Waals surface area (Å²) >= 11 is 0. The van der Waals surface area contributed by atoms with Crippen molar-refractivity contribution in [2.75, 3.05) is 64.6 Å². The molecule has 0 radical (unpaired) electrons. The van der Waals surface area contributed by atoms with Crippen molar-refractivity contribution in [1.82, 2.24) is 14.7 Å². The van der Waals surface area contributed by atoms with E-state index in [4.69, 9.17) is 9.47 Å². The van der Waals surface area contributed by atoms with Gasteiger partial charge in [0.25, 0.3) is 5.91 Å². The van der Waals surface area contributed by atoms with Gasteiger partial charge in [-0.15, -0.1) is 0 Å². The Labute approximate surface area is 296 Å². The molecule has 0 saturated heterocycles. The summed E-state index contributed by atoms with van der Waals surface area (Å²) in [4.78, 5) is 46.1. The molecule has 4 rings (SSSR count). The lowest BCUT2D eigenvalue weighted by Crippen LogP contribution is -2.48. The predicted octanol–water partition coefficient (Wildman–Crippen LogP) is 6.08. The minimum Gasteiger partial charge on any atom is -0.490 e. The van der Waals surface area contributed by atoms with Crippen LogP contribution in [-0.4, -0.2) is 110 Å². The van der Waals surface area contributed by atoms with E-state index in [9.17, 15) is 19.5 Å².